The van der Waals surface area contributed by atoms with E-state index in [0.29, 0.717) is 35.2 Å². The van der Waals surface area contributed by atoms with Crippen LogP contribution in [0.15, 0.2) is 0 Å². The van der Waals surface area contributed by atoms with Crippen molar-refractivity contribution in [2.45, 2.75) is 148 Å². The molecule has 2 unspecified atom stereocenters. The van der Waals surface area contributed by atoms with Crippen molar-refractivity contribution in [2.75, 3.05) is 13.2 Å². The van der Waals surface area contributed by atoms with Crippen LogP contribution in [0.25, 0.3) is 0 Å². The first-order valence-corrected chi connectivity index (χ1v) is 17.0. The molecule has 4 aliphatic carbocycles. The second kappa shape index (κ2) is 12.1. The molecule has 6 nitrogen and oxygen atoms in total. The lowest BCUT2D eigenvalue weighted by atomic mass is 9.43. The molecule has 0 aromatic heterocycles. The summed E-state index contributed by atoms with van der Waals surface area (Å²) in [7, 11) is 0. The highest BCUT2D eigenvalue weighted by molar-refractivity contribution is 5.66. The molecule has 0 radical (unpaired) electrons. The van der Waals surface area contributed by atoms with Gasteiger partial charge in [0.05, 0.1) is 12.2 Å². The third-order valence-electron chi connectivity index (χ3n) is 13.2. The summed E-state index contributed by atoms with van der Waals surface area (Å²) < 4.78 is 25.7. The van der Waals surface area contributed by atoms with Gasteiger partial charge in [-0.2, -0.15) is 0 Å². The van der Waals surface area contributed by atoms with E-state index in [-0.39, 0.29) is 30.5 Å². The molecule has 0 aromatic rings. The van der Waals surface area contributed by atoms with E-state index >= 15 is 0 Å². The maximum Gasteiger partial charge on any atom is 0.303 e. The summed E-state index contributed by atoms with van der Waals surface area (Å²) in [5, 5.41) is 9.42. The average Bonchev–Trinajstić information content (AvgIpc) is 3.32. The molecule has 40 heavy (non-hydrogen) atoms. The lowest BCUT2D eigenvalue weighted by molar-refractivity contribution is -0.259. The standard InChI is InChI=1S/C34H56O6/c1-22(10-15-30(35)36)26-13-14-27-25-12-11-23-20-24(39-31-8-4-6-18-37-31)16-17-33(23,2)28(25)21-29(34(26,27)3)40-32-9-5-7-19-38-32/h22-29,31-32H,4-21H2,1-3H3,(H,35,36)/t22-,23-,24-,25+,26-,27+,28+,29+,31?,32?,33+,34-/m1/s1. The molecule has 0 spiro atoms. The first kappa shape index (κ1) is 29.4. The largest absolute Gasteiger partial charge is 0.481 e. The van der Waals surface area contributed by atoms with Crippen molar-refractivity contribution in [3.63, 3.8) is 0 Å². The van der Waals surface area contributed by atoms with Crippen LogP contribution in [-0.2, 0) is 23.7 Å². The normalized spacial score (nSPS) is 48.0. The fourth-order valence-electron chi connectivity index (χ4n) is 11.0. The van der Waals surface area contributed by atoms with E-state index in [4.69, 9.17) is 18.9 Å². The second-order valence-electron chi connectivity index (χ2n) is 15.1. The van der Waals surface area contributed by atoms with Crippen molar-refractivity contribution in [1.29, 1.82) is 0 Å². The molecular formula is C34H56O6. The van der Waals surface area contributed by atoms with Crippen molar-refractivity contribution in [1.82, 2.24) is 0 Å². The molecule has 2 heterocycles. The fraction of sp³-hybridized carbons (Fsp3) is 0.971. The third kappa shape index (κ3) is 5.53. The van der Waals surface area contributed by atoms with Crippen molar-refractivity contribution in [3.8, 4) is 0 Å². The van der Waals surface area contributed by atoms with Gasteiger partial charge in [0.15, 0.2) is 12.6 Å². The molecule has 0 aromatic carbocycles. The minimum absolute atomic E-state index is 0.0154. The lowest BCUT2D eigenvalue weighted by Crippen LogP contribution is -2.60. The Balaban J connectivity index is 1.22. The van der Waals surface area contributed by atoms with Crippen molar-refractivity contribution < 1.29 is 28.8 Å². The molecule has 6 fully saturated rings. The minimum Gasteiger partial charge on any atom is -0.481 e. The van der Waals surface area contributed by atoms with Gasteiger partial charge in [0.25, 0.3) is 0 Å². The van der Waals surface area contributed by atoms with Crippen molar-refractivity contribution in [3.05, 3.63) is 0 Å². The van der Waals surface area contributed by atoms with Crippen molar-refractivity contribution >= 4 is 5.97 Å². The minimum atomic E-state index is -0.667. The zero-order valence-corrected chi connectivity index (χ0v) is 25.5. The van der Waals surface area contributed by atoms with Gasteiger partial charge in [-0.1, -0.05) is 20.8 Å². The number of aliphatic carboxylic acids is 1. The summed E-state index contributed by atoms with van der Waals surface area (Å²) in [5.41, 5.74) is 0.446. The summed E-state index contributed by atoms with van der Waals surface area (Å²) in [6.07, 6.45) is 18.2. The van der Waals surface area contributed by atoms with Gasteiger partial charge in [-0.3, -0.25) is 4.79 Å². The molecule has 4 saturated carbocycles. The van der Waals surface area contributed by atoms with Crippen LogP contribution in [0.1, 0.15) is 124 Å². The van der Waals surface area contributed by atoms with Crippen LogP contribution in [0.2, 0.25) is 0 Å². The Morgan fingerprint density at radius 2 is 1.60 bits per heavy atom. The van der Waals surface area contributed by atoms with Crippen LogP contribution in [0.4, 0.5) is 0 Å². The maximum atomic E-state index is 11.4. The Kier molecular flexibility index (Phi) is 8.91. The number of rotatable bonds is 8. The predicted octanol–water partition coefficient (Wildman–Crippen LogP) is 7.58. The van der Waals surface area contributed by atoms with E-state index in [9.17, 15) is 9.90 Å². The van der Waals surface area contributed by atoms with Gasteiger partial charge in [0.2, 0.25) is 0 Å². The first-order chi connectivity index (χ1) is 19.3. The Hall–Kier alpha value is -0.690. The van der Waals surface area contributed by atoms with Crippen LogP contribution in [0.3, 0.4) is 0 Å². The van der Waals surface area contributed by atoms with E-state index in [0.717, 1.165) is 63.6 Å². The number of hydrogen-bond acceptors (Lipinski definition) is 5. The number of hydrogen-bond donors (Lipinski definition) is 1. The molecule has 1 N–H and O–H groups in total. The van der Waals surface area contributed by atoms with Gasteiger partial charge in [0.1, 0.15) is 0 Å². The molecule has 6 aliphatic rings. The number of carbonyl (C=O) groups is 1. The SMILES string of the molecule is C[C@H](CCC(=O)O)[C@H]1CC[C@H]2[C@@H]3CC[C@@H]4C[C@H](OC5CCCCO5)CC[C@]4(C)[C@H]3C[C@H](OC3CCCCO3)[C@]12C. The average molecular weight is 561 g/mol. The van der Waals surface area contributed by atoms with Crippen LogP contribution in [-0.4, -0.2) is 49.1 Å². The van der Waals surface area contributed by atoms with Crippen LogP contribution >= 0.6 is 0 Å². The van der Waals surface area contributed by atoms with Crippen LogP contribution in [0, 0.1) is 46.3 Å². The van der Waals surface area contributed by atoms with Gasteiger partial charge in [-0.25, -0.2) is 0 Å². The lowest BCUT2D eigenvalue weighted by Gasteiger charge is -2.63. The molecule has 0 bridgehead atoms. The summed E-state index contributed by atoms with van der Waals surface area (Å²) in [6, 6.07) is 0. The Bertz CT molecular complexity index is 866. The predicted molar refractivity (Wildman–Crippen MR) is 154 cm³/mol. The topological polar surface area (TPSA) is 74.2 Å². The zero-order chi connectivity index (χ0) is 27.9. The van der Waals surface area contributed by atoms with Crippen LogP contribution in [0.5, 0.6) is 0 Å². The zero-order valence-electron chi connectivity index (χ0n) is 25.5. The van der Waals surface area contributed by atoms with Gasteiger partial charge < -0.3 is 24.1 Å². The number of ether oxygens (including phenoxy) is 4. The second-order valence-corrected chi connectivity index (χ2v) is 15.1. The fourth-order valence-corrected chi connectivity index (χ4v) is 11.0. The molecular weight excluding hydrogens is 504 g/mol. The molecule has 2 aliphatic heterocycles. The van der Waals surface area contributed by atoms with E-state index in [1.807, 2.05) is 0 Å². The molecule has 228 valence electrons. The summed E-state index contributed by atoms with van der Waals surface area (Å²) in [5.74, 6) is 3.10. The van der Waals surface area contributed by atoms with Crippen molar-refractivity contribution in [2.24, 2.45) is 46.3 Å². The monoisotopic (exact) mass is 560 g/mol. The summed E-state index contributed by atoms with van der Waals surface area (Å²) >= 11 is 0. The summed E-state index contributed by atoms with van der Waals surface area (Å²) in [6.45, 7) is 9.15. The highest BCUT2D eigenvalue weighted by Crippen LogP contribution is 2.69. The van der Waals surface area contributed by atoms with E-state index in [1.165, 1.54) is 57.8 Å². The number of fused-ring (bicyclic) bond motifs is 5. The van der Waals surface area contributed by atoms with Crippen LogP contribution < -0.4 is 0 Å². The molecule has 6 heteroatoms. The Morgan fingerprint density at radius 3 is 2.27 bits per heavy atom. The first-order valence-electron chi connectivity index (χ1n) is 17.0. The third-order valence-corrected chi connectivity index (χ3v) is 13.2. The quantitative estimate of drug-likeness (QED) is 0.309. The van der Waals surface area contributed by atoms with Gasteiger partial charge >= 0.3 is 5.97 Å². The van der Waals surface area contributed by atoms with Gasteiger partial charge in [0, 0.05) is 25.0 Å². The Morgan fingerprint density at radius 1 is 0.875 bits per heavy atom. The molecule has 6 rings (SSSR count). The van der Waals surface area contributed by atoms with E-state index < -0.39 is 5.97 Å². The Labute approximate surface area is 242 Å². The number of carboxylic acids is 1. The molecule has 12 atom stereocenters. The van der Waals surface area contributed by atoms with Gasteiger partial charge in [-0.05, 0) is 137 Å². The molecule has 2 saturated heterocycles. The number of carboxylic acid groups (broad SMARTS) is 1. The van der Waals surface area contributed by atoms with E-state index in [1.54, 1.807) is 0 Å². The highest BCUT2D eigenvalue weighted by atomic mass is 16.7. The van der Waals surface area contributed by atoms with Gasteiger partial charge in [-0.15, -0.1) is 0 Å². The summed E-state index contributed by atoms with van der Waals surface area (Å²) in [4.78, 5) is 11.4. The van der Waals surface area contributed by atoms with E-state index in [2.05, 4.69) is 20.8 Å². The smallest absolute Gasteiger partial charge is 0.303 e. The molecule has 0 amide bonds. The maximum absolute atomic E-state index is 11.4. The highest BCUT2D eigenvalue weighted by Gasteiger charge is 2.64.